The Hall–Kier alpha value is -2.16. The Morgan fingerprint density at radius 2 is 2.00 bits per heavy atom. The predicted octanol–water partition coefficient (Wildman–Crippen LogP) is 2.89. The Morgan fingerprint density at radius 1 is 1.07 bits per heavy atom. The largest absolute Gasteiger partial charge is 0.472 e. The molecule has 0 N–H and O–H groups in total. The lowest BCUT2D eigenvalue weighted by atomic mass is 10.1. The first-order valence-corrected chi connectivity index (χ1v) is 4.68. The standard InChI is InChI=1S/C12H8N2O/c1-2-4-11-9(3-1)7-13-14-12(11)10-5-6-15-8-10/h1-8H. The highest BCUT2D eigenvalue weighted by atomic mass is 16.3. The molecule has 0 aliphatic heterocycles. The molecule has 0 spiro atoms. The third-order valence-corrected chi connectivity index (χ3v) is 2.37. The summed E-state index contributed by atoms with van der Waals surface area (Å²) in [6, 6.07) is 9.92. The average molecular weight is 196 g/mol. The van der Waals surface area contributed by atoms with Crippen LogP contribution in [0, 0.1) is 0 Å². The molecule has 0 radical (unpaired) electrons. The van der Waals surface area contributed by atoms with Crippen molar-refractivity contribution in [2.45, 2.75) is 0 Å². The summed E-state index contributed by atoms with van der Waals surface area (Å²) in [6.07, 6.45) is 5.08. The molecule has 0 unspecified atom stereocenters. The fourth-order valence-corrected chi connectivity index (χ4v) is 1.64. The van der Waals surface area contributed by atoms with Crippen molar-refractivity contribution in [2.24, 2.45) is 0 Å². The maximum atomic E-state index is 5.05. The molecule has 3 rings (SSSR count). The van der Waals surface area contributed by atoms with Gasteiger partial charge in [-0.25, -0.2) is 0 Å². The highest BCUT2D eigenvalue weighted by Gasteiger charge is 2.06. The van der Waals surface area contributed by atoms with Gasteiger partial charge in [0.1, 0.15) is 5.69 Å². The van der Waals surface area contributed by atoms with Gasteiger partial charge < -0.3 is 4.42 Å². The van der Waals surface area contributed by atoms with Crippen LogP contribution in [0.2, 0.25) is 0 Å². The highest BCUT2D eigenvalue weighted by Crippen LogP contribution is 2.25. The zero-order chi connectivity index (χ0) is 10.1. The van der Waals surface area contributed by atoms with E-state index in [4.69, 9.17) is 4.42 Å². The minimum absolute atomic E-state index is 0.863. The Kier molecular flexibility index (Phi) is 1.75. The lowest BCUT2D eigenvalue weighted by Crippen LogP contribution is -1.87. The van der Waals surface area contributed by atoms with Crippen molar-refractivity contribution in [1.29, 1.82) is 0 Å². The van der Waals surface area contributed by atoms with Crippen LogP contribution in [0.15, 0.2) is 53.5 Å². The Labute approximate surface area is 86.4 Å². The van der Waals surface area contributed by atoms with Crippen molar-refractivity contribution >= 4 is 10.8 Å². The molecule has 0 bridgehead atoms. The van der Waals surface area contributed by atoms with Crippen LogP contribution in [0.1, 0.15) is 0 Å². The number of furan rings is 1. The van der Waals surface area contributed by atoms with E-state index in [1.807, 2.05) is 30.3 Å². The zero-order valence-corrected chi connectivity index (χ0v) is 7.92. The molecule has 3 heteroatoms. The summed E-state index contributed by atoms with van der Waals surface area (Å²) < 4.78 is 5.05. The van der Waals surface area contributed by atoms with Gasteiger partial charge in [0.15, 0.2) is 0 Å². The van der Waals surface area contributed by atoms with E-state index < -0.39 is 0 Å². The van der Waals surface area contributed by atoms with Crippen LogP contribution in [-0.4, -0.2) is 10.2 Å². The van der Waals surface area contributed by atoms with Gasteiger partial charge in [-0.1, -0.05) is 24.3 Å². The molecule has 0 amide bonds. The van der Waals surface area contributed by atoms with E-state index in [-0.39, 0.29) is 0 Å². The molecule has 0 fully saturated rings. The normalized spacial score (nSPS) is 10.7. The van der Waals surface area contributed by atoms with Crippen LogP contribution in [0.3, 0.4) is 0 Å². The molecule has 1 aromatic carbocycles. The third kappa shape index (κ3) is 1.29. The van der Waals surface area contributed by atoms with E-state index in [1.165, 1.54) is 0 Å². The van der Waals surface area contributed by atoms with Crippen molar-refractivity contribution in [3.8, 4) is 11.3 Å². The molecule has 2 heterocycles. The molecule has 0 saturated carbocycles. The van der Waals surface area contributed by atoms with Crippen LogP contribution in [0.5, 0.6) is 0 Å². The lowest BCUT2D eigenvalue weighted by molar-refractivity contribution is 0.568. The molecular formula is C12H8N2O. The quantitative estimate of drug-likeness (QED) is 0.600. The molecule has 2 aromatic heterocycles. The van der Waals surface area contributed by atoms with Gasteiger partial charge in [0.25, 0.3) is 0 Å². The van der Waals surface area contributed by atoms with Crippen LogP contribution in [-0.2, 0) is 0 Å². The van der Waals surface area contributed by atoms with Gasteiger partial charge in [-0.15, -0.1) is 5.10 Å². The van der Waals surface area contributed by atoms with E-state index in [2.05, 4.69) is 10.2 Å². The number of hydrogen-bond donors (Lipinski definition) is 0. The summed E-state index contributed by atoms with van der Waals surface area (Å²) in [7, 11) is 0. The van der Waals surface area contributed by atoms with Gasteiger partial charge in [0.2, 0.25) is 0 Å². The molecule has 0 aliphatic rings. The summed E-state index contributed by atoms with van der Waals surface area (Å²) in [4.78, 5) is 0. The summed E-state index contributed by atoms with van der Waals surface area (Å²) in [5, 5.41) is 10.3. The lowest BCUT2D eigenvalue weighted by Gasteiger charge is -2.00. The van der Waals surface area contributed by atoms with Gasteiger partial charge in [-0.05, 0) is 6.07 Å². The number of hydrogen-bond acceptors (Lipinski definition) is 3. The smallest absolute Gasteiger partial charge is 0.104 e. The summed E-state index contributed by atoms with van der Waals surface area (Å²) in [5.41, 5.74) is 1.82. The van der Waals surface area contributed by atoms with Crippen LogP contribution in [0.4, 0.5) is 0 Å². The topological polar surface area (TPSA) is 38.9 Å². The van der Waals surface area contributed by atoms with Gasteiger partial charge >= 0.3 is 0 Å². The van der Waals surface area contributed by atoms with E-state index in [0.717, 1.165) is 22.0 Å². The second-order valence-electron chi connectivity index (χ2n) is 3.29. The maximum Gasteiger partial charge on any atom is 0.104 e. The molecule has 0 saturated heterocycles. The first-order chi connectivity index (χ1) is 7.45. The highest BCUT2D eigenvalue weighted by molar-refractivity contribution is 5.93. The Bertz CT molecular complexity index is 582. The number of rotatable bonds is 1. The SMILES string of the molecule is c1ccc2c(-c3ccoc3)nncc2c1. The van der Waals surface area contributed by atoms with Crippen molar-refractivity contribution in [3.05, 3.63) is 49.1 Å². The van der Waals surface area contributed by atoms with Crippen LogP contribution in [0.25, 0.3) is 22.0 Å². The minimum Gasteiger partial charge on any atom is -0.472 e. The fourth-order valence-electron chi connectivity index (χ4n) is 1.64. The molecule has 72 valence electrons. The fraction of sp³-hybridized carbons (Fsp3) is 0. The van der Waals surface area contributed by atoms with Crippen molar-refractivity contribution in [3.63, 3.8) is 0 Å². The minimum atomic E-state index is 0.863. The Balaban J connectivity index is 2.36. The second-order valence-corrected chi connectivity index (χ2v) is 3.29. The van der Waals surface area contributed by atoms with E-state index in [1.54, 1.807) is 18.7 Å². The van der Waals surface area contributed by atoms with Gasteiger partial charge in [-0.2, -0.15) is 5.10 Å². The van der Waals surface area contributed by atoms with Crippen molar-refractivity contribution in [2.75, 3.05) is 0 Å². The summed E-state index contributed by atoms with van der Waals surface area (Å²) in [6.45, 7) is 0. The zero-order valence-electron chi connectivity index (χ0n) is 7.92. The van der Waals surface area contributed by atoms with Crippen molar-refractivity contribution < 1.29 is 4.42 Å². The van der Waals surface area contributed by atoms with Gasteiger partial charge in [0, 0.05) is 16.3 Å². The monoisotopic (exact) mass is 196 g/mol. The van der Waals surface area contributed by atoms with E-state index in [0.29, 0.717) is 0 Å². The number of aromatic nitrogens is 2. The predicted molar refractivity (Wildman–Crippen MR) is 57.2 cm³/mol. The van der Waals surface area contributed by atoms with Crippen LogP contribution >= 0.6 is 0 Å². The summed E-state index contributed by atoms with van der Waals surface area (Å²) in [5.74, 6) is 0. The molecular weight excluding hydrogens is 188 g/mol. The molecule has 3 nitrogen and oxygen atoms in total. The molecule has 15 heavy (non-hydrogen) atoms. The Morgan fingerprint density at radius 3 is 2.87 bits per heavy atom. The maximum absolute atomic E-state index is 5.05. The first kappa shape index (κ1) is 8.17. The third-order valence-electron chi connectivity index (χ3n) is 2.37. The molecule has 3 aromatic rings. The van der Waals surface area contributed by atoms with Crippen molar-refractivity contribution in [1.82, 2.24) is 10.2 Å². The number of benzene rings is 1. The molecule has 0 atom stereocenters. The summed E-state index contributed by atoms with van der Waals surface area (Å²) >= 11 is 0. The van der Waals surface area contributed by atoms with Gasteiger partial charge in [-0.3, -0.25) is 0 Å². The van der Waals surface area contributed by atoms with Gasteiger partial charge in [0.05, 0.1) is 18.7 Å². The molecule has 0 aliphatic carbocycles. The van der Waals surface area contributed by atoms with E-state index in [9.17, 15) is 0 Å². The number of nitrogens with zero attached hydrogens (tertiary/aromatic N) is 2. The average Bonchev–Trinajstić information content (AvgIpc) is 2.82. The second kappa shape index (κ2) is 3.20. The first-order valence-electron chi connectivity index (χ1n) is 4.68. The van der Waals surface area contributed by atoms with E-state index >= 15 is 0 Å². The number of fused-ring (bicyclic) bond motifs is 1. The van der Waals surface area contributed by atoms with Crippen LogP contribution < -0.4 is 0 Å².